The second kappa shape index (κ2) is 10.8. The van der Waals surface area contributed by atoms with Crippen LogP contribution in [0.2, 0.25) is 0 Å². The number of benzene rings is 2. The molecule has 6 heteroatoms. The van der Waals surface area contributed by atoms with Crippen LogP contribution in [0.1, 0.15) is 75.5 Å². The zero-order valence-electron chi connectivity index (χ0n) is 19.7. The first kappa shape index (κ1) is 23.9. The Morgan fingerprint density at radius 2 is 1.65 bits per heavy atom. The monoisotopic (exact) mass is 463 g/mol. The van der Waals surface area contributed by atoms with Crippen molar-refractivity contribution in [3.8, 4) is 11.5 Å². The zero-order chi connectivity index (χ0) is 24.1. The molecule has 2 N–H and O–H groups in total. The number of aliphatic hydroxyl groups is 1. The Hall–Kier alpha value is -3.28. The smallest absolute Gasteiger partial charge is 0.295 e. The van der Waals surface area contributed by atoms with E-state index in [0.29, 0.717) is 23.5 Å². The first-order chi connectivity index (χ1) is 16.5. The van der Waals surface area contributed by atoms with E-state index < -0.39 is 17.7 Å². The number of amides is 1. The number of phenols is 1. The van der Waals surface area contributed by atoms with E-state index >= 15 is 0 Å². The third-order valence-electron chi connectivity index (χ3n) is 6.80. The Kier molecular flexibility index (Phi) is 7.56. The highest BCUT2D eigenvalue weighted by atomic mass is 16.5. The van der Waals surface area contributed by atoms with Crippen LogP contribution in [0.4, 0.5) is 0 Å². The number of Topliss-reactive ketones (excluding diaryl/α,β-unsaturated/α-hetero) is 1. The minimum Gasteiger partial charge on any atom is -0.508 e. The van der Waals surface area contributed by atoms with Crippen LogP contribution in [0.15, 0.2) is 54.1 Å². The van der Waals surface area contributed by atoms with Crippen molar-refractivity contribution in [2.75, 3.05) is 6.61 Å². The van der Waals surface area contributed by atoms with Gasteiger partial charge in [-0.3, -0.25) is 9.59 Å². The fraction of sp³-hybridized carbons (Fsp3) is 0.429. The summed E-state index contributed by atoms with van der Waals surface area (Å²) >= 11 is 0. The topological polar surface area (TPSA) is 87.1 Å². The van der Waals surface area contributed by atoms with Gasteiger partial charge in [0.1, 0.15) is 17.3 Å². The van der Waals surface area contributed by atoms with Gasteiger partial charge in [0.2, 0.25) is 0 Å². The molecule has 0 aromatic heterocycles. The fourth-order valence-corrected chi connectivity index (χ4v) is 4.98. The number of ketones is 1. The van der Waals surface area contributed by atoms with Crippen molar-refractivity contribution >= 4 is 17.4 Å². The third kappa shape index (κ3) is 4.96. The Labute approximate surface area is 200 Å². The van der Waals surface area contributed by atoms with E-state index in [1.807, 2.05) is 0 Å². The highest BCUT2D eigenvalue weighted by Gasteiger charge is 2.48. The molecule has 1 amide bonds. The van der Waals surface area contributed by atoms with Crippen LogP contribution in [0.3, 0.4) is 0 Å². The molecule has 0 spiro atoms. The molecule has 34 heavy (non-hydrogen) atoms. The summed E-state index contributed by atoms with van der Waals surface area (Å²) in [6.45, 7) is 2.77. The first-order valence-corrected chi connectivity index (χ1v) is 12.3. The molecule has 6 nitrogen and oxygen atoms in total. The fourth-order valence-electron chi connectivity index (χ4n) is 4.98. The molecule has 180 valence electrons. The molecule has 4 rings (SSSR count). The van der Waals surface area contributed by atoms with Gasteiger partial charge in [-0.25, -0.2) is 0 Å². The van der Waals surface area contributed by atoms with Gasteiger partial charge in [-0.05, 0) is 61.2 Å². The van der Waals surface area contributed by atoms with Crippen LogP contribution in [0.25, 0.3) is 5.76 Å². The summed E-state index contributed by atoms with van der Waals surface area (Å²) in [7, 11) is 0. The van der Waals surface area contributed by atoms with E-state index in [0.717, 1.165) is 51.4 Å². The maximum atomic E-state index is 13.2. The molecular formula is C28H33NO5. The lowest BCUT2D eigenvalue weighted by atomic mass is 9.91. The Bertz CT molecular complexity index is 1040. The quantitative estimate of drug-likeness (QED) is 0.226. The van der Waals surface area contributed by atoms with Crippen molar-refractivity contribution in [3.05, 3.63) is 65.2 Å². The summed E-state index contributed by atoms with van der Waals surface area (Å²) in [5, 5.41) is 21.0. The van der Waals surface area contributed by atoms with Crippen LogP contribution >= 0.6 is 0 Å². The molecule has 2 fully saturated rings. The van der Waals surface area contributed by atoms with Crippen molar-refractivity contribution in [1.29, 1.82) is 0 Å². The minimum atomic E-state index is -0.686. The van der Waals surface area contributed by atoms with Crippen LogP contribution in [0, 0.1) is 0 Å². The maximum absolute atomic E-state index is 13.2. The molecule has 0 radical (unpaired) electrons. The van der Waals surface area contributed by atoms with Gasteiger partial charge in [0.05, 0.1) is 18.2 Å². The second-order valence-corrected chi connectivity index (χ2v) is 9.17. The van der Waals surface area contributed by atoms with Gasteiger partial charge in [0.25, 0.3) is 11.7 Å². The van der Waals surface area contributed by atoms with Gasteiger partial charge in [-0.15, -0.1) is 0 Å². The van der Waals surface area contributed by atoms with E-state index in [9.17, 15) is 19.8 Å². The normalized spacial score (nSPS) is 20.6. The SMILES string of the molecule is CCCCCOc1ccc(/C(O)=C2/C(=O)C(=O)N(C3CCCCC3)C2c2ccc(O)cc2)cc1. The summed E-state index contributed by atoms with van der Waals surface area (Å²) in [5.41, 5.74) is 1.25. The molecule has 1 aliphatic carbocycles. The van der Waals surface area contributed by atoms with Gasteiger partial charge in [-0.1, -0.05) is 51.2 Å². The lowest BCUT2D eigenvalue weighted by Crippen LogP contribution is -2.40. The standard InChI is InChI=1S/C28H33NO5/c1-2-3-7-18-34-23-16-12-20(13-17-23)26(31)24-25(19-10-14-22(30)15-11-19)29(28(33)27(24)32)21-8-5-4-6-9-21/h10-17,21,25,30-31H,2-9,18H2,1H3/b26-24-. The largest absolute Gasteiger partial charge is 0.508 e. The van der Waals surface area contributed by atoms with Gasteiger partial charge in [0, 0.05) is 11.6 Å². The molecule has 1 unspecified atom stereocenters. The molecule has 1 heterocycles. The Morgan fingerprint density at radius 3 is 2.29 bits per heavy atom. The molecule has 1 atom stereocenters. The van der Waals surface area contributed by atoms with Crippen LogP contribution in [0.5, 0.6) is 11.5 Å². The molecule has 2 aromatic carbocycles. The predicted octanol–water partition coefficient (Wildman–Crippen LogP) is 5.72. The number of phenolic OH excluding ortho intramolecular Hbond substituents is 1. The highest BCUT2D eigenvalue weighted by Crippen LogP contribution is 2.43. The van der Waals surface area contributed by atoms with E-state index in [1.165, 1.54) is 0 Å². The number of hydrogen-bond donors (Lipinski definition) is 2. The van der Waals surface area contributed by atoms with Gasteiger partial charge < -0.3 is 19.8 Å². The van der Waals surface area contributed by atoms with Crippen molar-refractivity contribution < 1.29 is 24.5 Å². The van der Waals surface area contributed by atoms with E-state index in [1.54, 1.807) is 53.4 Å². The van der Waals surface area contributed by atoms with E-state index in [-0.39, 0.29) is 23.1 Å². The number of ether oxygens (including phenoxy) is 1. The van der Waals surface area contributed by atoms with Crippen molar-refractivity contribution in [3.63, 3.8) is 0 Å². The highest BCUT2D eigenvalue weighted by molar-refractivity contribution is 6.46. The third-order valence-corrected chi connectivity index (χ3v) is 6.80. The van der Waals surface area contributed by atoms with Crippen LogP contribution in [-0.2, 0) is 9.59 Å². The minimum absolute atomic E-state index is 0.0480. The Morgan fingerprint density at radius 1 is 0.971 bits per heavy atom. The molecule has 0 bridgehead atoms. The zero-order valence-corrected chi connectivity index (χ0v) is 19.7. The lowest BCUT2D eigenvalue weighted by molar-refractivity contribution is -0.141. The Balaban J connectivity index is 1.69. The van der Waals surface area contributed by atoms with Crippen molar-refractivity contribution in [2.24, 2.45) is 0 Å². The van der Waals surface area contributed by atoms with Crippen LogP contribution < -0.4 is 4.74 Å². The first-order valence-electron chi connectivity index (χ1n) is 12.3. The number of carbonyl (C=O) groups excluding carboxylic acids is 2. The summed E-state index contributed by atoms with van der Waals surface area (Å²) < 4.78 is 5.75. The van der Waals surface area contributed by atoms with Gasteiger partial charge >= 0.3 is 0 Å². The lowest BCUT2D eigenvalue weighted by Gasteiger charge is -2.35. The van der Waals surface area contributed by atoms with E-state index in [4.69, 9.17) is 4.74 Å². The number of nitrogens with zero attached hydrogens (tertiary/aromatic N) is 1. The summed E-state index contributed by atoms with van der Waals surface area (Å²) in [4.78, 5) is 28.1. The van der Waals surface area contributed by atoms with Crippen molar-refractivity contribution in [1.82, 2.24) is 4.90 Å². The molecular weight excluding hydrogens is 430 g/mol. The second-order valence-electron chi connectivity index (χ2n) is 9.17. The summed E-state index contributed by atoms with van der Waals surface area (Å²) in [6.07, 6.45) is 8.03. The summed E-state index contributed by atoms with van der Waals surface area (Å²) in [6, 6.07) is 12.7. The number of aliphatic hydroxyl groups excluding tert-OH is 1. The number of aromatic hydroxyl groups is 1. The van der Waals surface area contributed by atoms with Gasteiger partial charge in [0.15, 0.2) is 0 Å². The number of carbonyl (C=O) groups is 2. The molecule has 1 saturated carbocycles. The molecule has 1 aliphatic heterocycles. The number of unbranched alkanes of at least 4 members (excludes halogenated alkanes) is 2. The van der Waals surface area contributed by atoms with Crippen LogP contribution in [-0.4, -0.2) is 39.5 Å². The average molecular weight is 464 g/mol. The molecule has 1 saturated heterocycles. The summed E-state index contributed by atoms with van der Waals surface area (Å²) in [5.74, 6) is -0.617. The average Bonchev–Trinajstić information content (AvgIpc) is 3.13. The number of hydrogen-bond acceptors (Lipinski definition) is 5. The number of likely N-dealkylation sites (tertiary alicyclic amines) is 1. The molecule has 2 aliphatic rings. The van der Waals surface area contributed by atoms with Gasteiger partial charge in [-0.2, -0.15) is 0 Å². The maximum Gasteiger partial charge on any atom is 0.295 e. The number of rotatable bonds is 8. The van der Waals surface area contributed by atoms with Crippen molar-refractivity contribution in [2.45, 2.75) is 70.4 Å². The molecule has 2 aromatic rings. The van der Waals surface area contributed by atoms with E-state index in [2.05, 4.69) is 6.92 Å². The predicted molar refractivity (Wildman–Crippen MR) is 131 cm³/mol.